The van der Waals surface area contributed by atoms with Crippen molar-refractivity contribution in [1.82, 2.24) is 5.32 Å². The summed E-state index contributed by atoms with van der Waals surface area (Å²) in [6.45, 7) is 1.99. The van der Waals surface area contributed by atoms with Gasteiger partial charge in [0.1, 0.15) is 6.61 Å². The zero-order valence-corrected chi connectivity index (χ0v) is 9.60. The van der Waals surface area contributed by atoms with E-state index in [-0.39, 0.29) is 19.1 Å². The lowest BCUT2D eigenvalue weighted by molar-refractivity contribution is -0.142. The number of hydrogen-bond acceptors (Lipinski definition) is 3. The highest BCUT2D eigenvalue weighted by Gasteiger charge is 2.06. The third kappa shape index (κ3) is 4.65. The Morgan fingerprint density at radius 2 is 2.06 bits per heavy atom. The number of carboxylic acids is 1. The molecule has 1 rings (SSSR count). The summed E-state index contributed by atoms with van der Waals surface area (Å²) >= 11 is 0. The lowest BCUT2D eigenvalue weighted by atomic mass is 10.1. The molecule has 0 atom stereocenters. The first-order valence-corrected chi connectivity index (χ1v) is 5.24. The minimum absolute atomic E-state index is 0.179. The molecule has 0 aliphatic heterocycles. The number of carbonyl (C=O) groups is 2. The number of carboxylic acid groups (broad SMARTS) is 1. The fourth-order valence-corrected chi connectivity index (χ4v) is 1.32. The van der Waals surface area contributed by atoms with Gasteiger partial charge in [-0.05, 0) is 18.6 Å². The minimum Gasteiger partial charge on any atom is -0.480 e. The van der Waals surface area contributed by atoms with Crippen LogP contribution >= 0.6 is 0 Å². The number of aryl methyl sites for hydroxylation is 1. The van der Waals surface area contributed by atoms with E-state index < -0.39 is 5.97 Å². The van der Waals surface area contributed by atoms with Crippen LogP contribution in [0.2, 0.25) is 0 Å². The summed E-state index contributed by atoms with van der Waals surface area (Å²) in [6, 6.07) is 7.25. The second-order valence-corrected chi connectivity index (χ2v) is 3.52. The zero-order chi connectivity index (χ0) is 12.7. The molecule has 0 heterocycles. The molecular weight excluding hydrogens is 222 g/mol. The smallest absolute Gasteiger partial charge is 0.329 e. The quantitative estimate of drug-likeness (QED) is 0.718. The van der Waals surface area contributed by atoms with Gasteiger partial charge in [-0.3, -0.25) is 4.79 Å². The normalized spacial score (nSPS) is 9.94. The van der Waals surface area contributed by atoms with Gasteiger partial charge < -0.3 is 15.2 Å². The van der Waals surface area contributed by atoms with Crippen LogP contribution in [0.5, 0.6) is 0 Å². The van der Waals surface area contributed by atoms with Crippen LogP contribution in [0.3, 0.4) is 0 Å². The lowest BCUT2D eigenvalue weighted by Crippen LogP contribution is -2.28. The molecule has 0 spiro atoms. The molecule has 1 aromatic carbocycles. The highest BCUT2D eigenvalue weighted by atomic mass is 16.5. The zero-order valence-electron chi connectivity index (χ0n) is 9.60. The van der Waals surface area contributed by atoms with E-state index in [0.29, 0.717) is 12.1 Å². The van der Waals surface area contributed by atoms with Crippen molar-refractivity contribution in [1.29, 1.82) is 0 Å². The largest absolute Gasteiger partial charge is 0.480 e. The Morgan fingerprint density at radius 1 is 1.35 bits per heavy atom. The number of rotatable bonds is 6. The lowest BCUT2D eigenvalue weighted by Gasteiger charge is -2.07. The molecule has 0 aliphatic rings. The Bertz CT molecular complexity index is 403. The maximum absolute atomic E-state index is 11.7. The third-order valence-electron chi connectivity index (χ3n) is 2.15. The van der Waals surface area contributed by atoms with Crippen LogP contribution in [-0.4, -0.2) is 36.7 Å². The maximum Gasteiger partial charge on any atom is 0.329 e. The molecule has 1 aromatic rings. The molecule has 0 bridgehead atoms. The number of aliphatic carboxylic acids is 1. The molecular formula is C12H15NO4. The van der Waals surface area contributed by atoms with Crippen molar-refractivity contribution in [3.8, 4) is 0 Å². The summed E-state index contributed by atoms with van der Waals surface area (Å²) in [5, 5.41) is 11.0. The van der Waals surface area contributed by atoms with Crippen LogP contribution in [0.4, 0.5) is 0 Å². The fraction of sp³-hybridized carbons (Fsp3) is 0.333. The number of benzene rings is 1. The van der Waals surface area contributed by atoms with Crippen molar-refractivity contribution < 1.29 is 19.4 Å². The number of nitrogens with one attached hydrogen (secondary N) is 1. The van der Waals surface area contributed by atoms with Gasteiger partial charge in [-0.25, -0.2) is 4.79 Å². The van der Waals surface area contributed by atoms with Crippen LogP contribution < -0.4 is 5.32 Å². The van der Waals surface area contributed by atoms with Crippen LogP contribution in [0.25, 0.3) is 0 Å². The molecule has 17 heavy (non-hydrogen) atoms. The van der Waals surface area contributed by atoms with Crippen molar-refractivity contribution in [2.45, 2.75) is 6.92 Å². The first-order valence-electron chi connectivity index (χ1n) is 5.24. The fourth-order valence-electron chi connectivity index (χ4n) is 1.32. The molecule has 2 N–H and O–H groups in total. The molecule has 0 fully saturated rings. The molecule has 1 amide bonds. The summed E-state index contributed by atoms with van der Waals surface area (Å²) in [5.74, 6) is -1.20. The van der Waals surface area contributed by atoms with Crippen molar-refractivity contribution in [2.24, 2.45) is 0 Å². The average Bonchev–Trinajstić information content (AvgIpc) is 2.28. The molecule has 5 heteroatoms. The molecule has 92 valence electrons. The van der Waals surface area contributed by atoms with Crippen LogP contribution in [0.15, 0.2) is 24.3 Å². The first kappa shape index (κ1) is 13.2. The van der Waals surface area contributed by atoms with E-state index >= 15 is 0 Å². The Kier molecular flexibility index (Phi) is 5.16. The van der Waals surface area contributed by atoms with Gasteiger partial charge in [-0.2, -0.15) is 0 Å². The Labute approximate surface area is 99.4 Å². The number of carbonyl (C=O) groups excluding carboxylic acids is 1. The third-order valence-corrected chi connectivity index (χ3v) is 2.15. The number of ether oxygens (including phenoxy) is 1. The summed E-state index contributed by atoms with van der Waals surface area (Å²) < 4.78 is 4.80. The van der Waals surface area contributed by atoms with E-state index in [9.17, 15) is 9.59 Å². The van der Waals surface area contributed by atoms with Crippen LogP contribution in [0, 0.1) is 6.92 Å². The van der Waals surface area contributed by atoms with Crippen molar-refractivity contribution >= 4 is 11.9 Å². The van der Waals surface area contributed by atoms with Gasteiger partial charge in [-0.15, -0.1) is 0 Å². The molecule has 0 saturated heterocycles. The minimum atomic E-state index is -1.02. The van der Waals surface area contributed by atoms with Gasteiger partial charge in [0.15, 0.2) is 0 Å². The Morgan fingerprint density at radius 3 is 2.71 bits per heavy atom. The van der Waals surface area contributed by atoms with Gasteiger partial charge in [0.25, 0.3) is 5.91 Å². The van der Waals surface area contributed by atoms with E-state index in [1.54, 1.807) is 12.1 Å². The first-order chi connectivity index (χ1) is 8.11. The average molecular weight is 237 g/mol. The molecule has 5 nitrogen and oxygen atoms in total. The predicted molar refractivity (Wildman–Crippen MR) is 62.0 cm³/mol. The van der Waals surface area contributed by atoms with Gasteiger partial charge in [0.05, 0.1) is 6.61 Å². The molecule has 0 saturated carbocycles. The summed E-state index contributed by atoms with van der Waals surface area (Å²) in [5.41, 5.74) is 1.52. The van der Waals surface area contributed by atoms with Gasteiger partial charge in [0, 0.05) is 12.1 Å². The van der Waals surface area contributed by atoms with Gasteiger partial charge in [-0.1, -0.05) is 18.2 Å². The predicted octanol–water partition coefficient (Wildman–Crippen LogP) is 0.826. The summed E-state index contributed by atoms with van der Waals surface area (Å²) in [6.07, 6.45) is 0. The van der Waals surface area contributed by atoms with E-state index in [1.807, 2.05) is 19.1 Å². The molecule has 0 radical (unpaired) electrons. The van der Waals surface area contributed by atoms with Gasteiger partial charge >= 0.3 is 5.97 Å². The molecule has 0 aromatic heterocycles. The summed E-state index contributed by atoms with van der Waals surface area (Å²) in [4.78, 5) is 21.8. The highest BCUT2D eigenvalue weighted by Crippen LogP contribution is 2.05. The maximum atomic E-state index is 11.7. The second-order valence-electron chi connectivity index (χ2n) is 3.52. The number of amides is 1. The molecule has 0 aliphatic carbocycles. The van der Waals surface area contributed by atoms with Crippen molar-refractivity contribution in [2.75, 3.05) is 19.8 Å². The van der Waals surface area contributed by atoms with Crippen LogP contribution in [0.1, 0.15) is 15.9 Å². The standard InChI is InChI=1S/C12H15NO4/c1-9-4-2-3-5-10(9)12(16)13-6-7-17-8-11(14)15/h2-5H,6-8H2,1H3,(H,13,16)(H,14,15). The molecule has 0 unspecified atom stereocenters. The summed E-state index contributed by atoms with van der Waals surface area (Å²) in [7, 11) is 0. The Balaban J connectivity index is 2.31. The van der Waals surface area contributed by atoms with Gasteiger partial charge in [0.2, 0.25) is 0 Å². The second kappa shape index (κ2) is 6.65. The highest BCUT2D eigenvalue weighted by molar-refractivity contribution is 5.95. The number of hydrogen-bond donors (Lipinski definition) is 2. The van der Waals surface area contributed by atoms with Crippen molar-refractivity contribution in [3.63, 3.8) is 0 Å². The Hall–Kier alpha value is -1.88. The van der Waals surface area contributed by atoms with Crippen molar-refractivity contribution in [3.05, 3.63) is 35.4 Å². The van der Waals surface area contributed by atoms with Crippen LogP contribution in [-0.2, 0) is 9.53 Å². The van der Waals surface area contributed by atoms with E-state index in [1.165, 1.54) is 0 Å². The topological polar surface area (TPSA) is 75.6 Å². The van der Waals surface area contributed by atoms with E-state index in [0.717, 1.165) is 5.56 Å². The van der Waals surface area contributed by atoms with E-state index in [2.05, 4.69) is 5.32 Å². The van der Waals surface area contributed by atoms with E-state index in [4.69, 9.17) is 9.84 Å². The monoisotopic (exact) mass is 237 g/mol. The SMILES string of the molecule is Cc1ccccc1C(=O)NCCOCC(=O)O.